The summed E-state index contributed by atoms with van der Waals surface area (Å²) >= 11 is 0. The van der Waals surface area contributed by atoms with Crippen molar-refractivity contribution in [3.63, 3.8) is 0 Å². The molecule has 3 aliphatic rings. The number of aryl methyl sites for hydroxylation is 2. The molecule has 1 N–H and O–H groups in total. The molecule has 0 saturated carbocycles. The lowest BCUT2D eigenvalue weighted by Crippen LogP contribution is -2.59. The molecular formula is C35H42N2O6. The maximum absolute atomic E-state index is 15.0. The Morgan fingerprint density at radius 2 is 1.81 bits per heavy atom. The molecule has 0 radical (unpaired) electrons. The average molecular weight is 587 g/mol. The van der Waals surface area contributed by atoms with E-state index in [2.05, 4.69) is 13.2 Å². The predicted octanol–water partition coefficient (Wildman–Crippen LogP) is 4.17. The molecule has 7 atom stereocenters. The summed E-state index contributed by atoms with van der Waals surface area (Å²) in [5, 5.41) is 10.8. The number of hydrogen-bond acceptors (Lipinski definition) is 6. The largest absolute Gasteiger partial charge is 0.461 e. The monoisotopic (exact) mass is 586 g/mol. The van der Waals surface area contributed by atoms with Crippen LogP contribution in [0.4, 0.5) is 5.69 Å². The number of para-hydroxylation sites is 1. The molecule has 3 heterocycles. The fourth-order valence-electron chi connectivity index (χ4n) is 7.88. The summed E-state index contributed by atoms with van der Waals surface area (Å²) in [6.07, 6.45) is 3.90. The Kier molecular flexibility index (Phi) is 8.38. The predicted molar refractivity (Wildman–Crippen MR) is 164 cm³/mol. The maximum atomic E-state index is 15.0. The van der Waals surface area contributed by atoms with E-state index < -0.39 is 41.1 Å². The highest BCUT2D eigenvalue weighted by atomic mass is 16.6. The number of nitrogens with zero attached hydrogens (tertiary/aromatic N) is 2. The first-order valence-corrected chi connectivity index (χ1v) is 15.0. The van der Waals surface area contributed by atoms with Gasteiger partial charge in [0.2, 0.25) is 5.91 Å². The van der Waals surface area contributed by atoms with Crippen LogP contribution >= 0.6 is 0 Å². The van der Waals surface area contributed by atoms with Crippen molar-refractivity contribution in [3.05, 3.63) is 90.5 Å². The Morgan fingerprint density at radius 3 is 2.42 bits per heavy atom. The average Bonchev–Trinajstić information content (AvgIpc) is 3.50. The number of likely N-dealkylation sites (tertiary alicyclic amines) is 1. The zero-order valence-electron chi connectivity index (χ0n) is 25.5. The minimum atomic E-state index is -1.28. The number of carbonyl (C=O) groups excluding carboxylic acids is 3. The van der Waals surface area contributed by atoms with Crippen LogP contribution in [0, 0.1) is 31.6 Å². The van der Waals surface area contributed by atoms with Crippen molar-refractivity contribution in [2.24, 2.45) is 17.8 Å². The van der Waals surface area contributed by atoms with Crippen LogP contribution in [0.5, 0.6) is 0 Å². The molecule has 3 unspecified atom stereocenters. The topological polar surface area (TPSA) is 96.4 Å². The molecule has 3 fully saturated rings. The third-order valence-corrected chi connectivity index (χ3v) is 9.79. The SMILES string of the molecule is C=CCOC(=O)[C@@H]1[C@H]2C(=O)N([C@@H](CO)Cc3ccccc3)C(C(=O)N(CC=C)c3c(C)cccc3C)C23CC(C)[C@@]1(C)O3. The van der Waals surface area contributed by atoms with Gasteiger partial charge in [0.1, 0.15) is 24.2 Å². The fourth-order valence-corrected chi connectivity index (χ4v) is 7.88. The number of aliphatic hydroxyl groups excluding tert-OH is 1. The maximum Gasteiger partial charge on any atom is 0.313 e. The number of ether oxygens (including phenoxy) is 2. The molecule has 8 nitrogen and oxygen atoms in total. The van der Waals surface area contributed by atoms with Crippen LogP contribution in [0.15, 0.2) is 73.8 Å². The first-order chi connectivity index (χ1) is 20.5. The van der Waals surface area contributed by atoms with Gasteiger partial charge in [0, 0.05) is 12.2 Å². The van der Waals surface area contributed by atoms with Crippen LogP contribution in [-0.2, 0) is 30.3 Å². The number of fused-ring (bicyclic) bond motifs is 1. The van der Waals surface area contributed by atoms with Gasteiger partial charge in [0.05, 0.1) is 24.2 Å². The summed E-state index contributed by atoms with van der Waals surface area (Å²) in [5.41, 5.74) is 1.20. The first kappa shape index (κ1) is 30.7. The van der Waals surface area contributed by atoms with E-state index in [1.54, 1.807) is 11.0 Å². The second-order valence-corrected chi connectivity index (χ2v) is 12.4. The normalized spacial score (nSPS) is 29.7. The summed E-state index contributed by atoms with van der Waals surface area (Å²) in [6.45, 7) is 15.2. The molecule has 0 aromatic heterocycles. The van der Waals surface area contributed by atoms with E-state index in [-0.39, 0.29) is 37.5 Å². The second-order valence-electron chi connectivity index (χ2n) is 12.4. The van der Waals surface area contributed by atoms with Crippen LogP contribution in [0.1, 0.15) is 37.0 Å². The zero-order chi connectivity index (χ0) is 31.1. The molecule has 5 rings (SSSR count). The second kappa shape index (κ2) is 11.7. The van der Waals surface area contributed by atoms with Gasteiger partial charge < -0.3 is 24.4 Å². The minimum absolute atomic E-state index is 0.00667. The highest BCUT2D eigenvalue weighted by molar-refractivity contribution is 6.05. The van der Waals surface area contributed by atoms with Gasteiger partial charge in [0.15, 0.2) is 0 Å². The van der Waals surface area contributed by atoms with E-state index in [0.717, 1.165) is 22.4 Å². The molecule has 2 amide bonds. The number of anilines is 1. The van der Waals surface area contributed by atoms with Gasteiger partial charge in [0.25, 0.3) is 5.91 Å². The van der Waals surface area contributed by atoms with Crippen molar-refractivity contribution in [2.75, 3.05) is 24.7 Å². The molecule has 2 bridgehead atoms. The van der Waals surface area contributed by atoms with Crippen LogP contribution in [-0.4, -0.2) is 70.8 Å². The van der Waals surface area contributed by atoms with Crippen molar-refractivity contribution in [2.45, 2.75) is 63.8 Å². The van der Waals surface area contributed by atoms with Gasteiger partial charge in [-0.3, -0.25) is 14.4 Å². The van der Waals surface area contributed by atoms with E-state index in [9.17, 15) is 14.7 Å². The molecule has 228 valence electrons. The van der Waals surface area contributed by atoms with Gasteiger partial charge in [-0.15, -0.1) is 6.58 Å². The lowest BCUT2D eigenvalue weighted by atomic mass is 9.62. The smallest absolute Gasteiger partial charge is 0.313 e. The molecule has 0 aliphatic carbocycles. The molecule has 1 spiro atoms. The third kappa shape index (κ3) is 4.81. The number of amides is 2. The van der Waals surface area contributed by atoms with Gasteiger partial charge in [-0.05, 0) is 56.2 Å². The zero-order valence-corrected chi connectivity index (χ0v) is 25.5. The summed E-state index contributed by atoms with van der Waals surface area (Å²) < 4.78 is 12.4. The third-order valence-electron chi connectivity index (χ3n) is 9.79. The molecule has 2 aromatic rings. The Hall–Kier alpha value is -3.75. The van der Waals surface area contributed by atoms with E-state index in [1.807, 2.05) is 76.2 Å². The number of aliphatic hydroxyl groups is 1. The Labute approximate surface area is 254 Å². The molecule has 8 heteroatoms. The molecule has 2 aromatic carbocycles. The molecule has 3 aliphatic heterocycles. The Morgan fingerprint density at radius 1 is 1.14 bits per heavy atom. The Balaban J connectivity index is 1.68. The van der Waals surface area contributed by atoms with Crippen molar-refractivity contribution in [3.8, 4) is 0 Å². The Bertz CT molecular complexity index is 1400. The quantitative estimate of drug-likeness (QED) is 0.314. The standard InChI is InChI=1S/C35H42N2O6/c1-7-17-36(29-22(3)13-12-14-23(29)4)32(40)30-35-20-24(5)34(6,43-35)28(33(41)42-18-8-2)27(35)31(39)37(30)26(21-38)19-25-15-10-9-11-16-25/h7-16,24,26-28,30,38H,1-2,17-21H2,3-6H3/t24?,26-,27+,28+,30?,34-,35?/m1/s1. The lowest BCUT2D eigenvalue weighted by Gasteiger charge is -2.40. The number of rotatable bonds is 11. The van der Waals surface area contributed by atoms with Crippen LogP contribution in [0.2, 0.25) is 0 Å². The summed E-state index contributed by atoms with van der Waals surface area (Å²) in [4.78, 5) is 46.5. The van der Waals surface area contributed by atoms with Gasteiger partial charge in [-0.25, -0.2) is 0 Å². The van der Waals surface area contributed by atoms with E-state index in [4.69, 9.17) is 9.47 Å². The van der Waals surface area contributed by atoms with E-state index >= 15 is 4.79 Å². The molecule has 43 heavy (non-hydrogen) atoms. The van der Waals surface area contributed by atoms with Crippen molar-refractivity contribution in [1.82, 2.24) is 4.90 Å². The first-order valence-electron chi connectivity index (χ1n) is 15.0. The van der Waals surface area contributed by atoms with Gasteiger partial charge in [-0.2, -0.15) is 0 Å². The van der Waals surface area contributed by atoms with Crippen molar-refractivity contribution >= 4 is 23.5 Å². The number of esters is 1. The summed E-state index contributed by atoms with van der Waals surface area (Å²) in [5.74, 6) is -3.21. The molecule has 3 saturated heterocycles. The minimum Gasteiger partial charge on any atom is -0.461 e. The number of benzene rings is 2. The molecular weight excluding hydrogens is 544 g/mol. The van der Waals surface area contributed by atoms with Crippen LogP contribution < -0.4 is 4.90 Å². The van der Waals surface area contributed by atoms with Gasteiger partial charge >= 0.3 is 5.97 Å². The van der Waals surface area contributed by atoms with E-state index in [0.29, 0.717) is 12.8 Å². The number of hydrogen-bond donors (Lipinski definition) is 1. The number of carbonyl (C=O) groups is 3. The van der Waals surface area contributed by atoms with Crippen molar-refractivity contribution < 1.29 is 29.0 Å². The summed E-state index contributed by atoms with van der Waals surface area (Å²) in [7, 11) is 0. The lowest BCUT2D eigenvalue weighted by molar-refractivity contribution is -0.161. The highest BCUT2D eigenvalue weighted by Gasteiger charge is 2.80. The van der Waals surface area contributed by atoms with Gasteiger partial charge in [-0.1, -0.05) is 74.2 Å². The summed E-state index contributed by atoms with van der Waals surface area (Å²) in [6, 6.07) is 13.6. The van der Waals surface area contributed by atoms with Crippen molar-refractivity contribution in [1.29, 1.82) is 0 Å². The highest BCUT2D eigenvalue weighted by Crippen LogP contribution is 2.65. The van der Waals surface area contributed by atoms with Crippen LogP contribution in [0.3, 0.4) is 0 Å². The fraction of sp³-hybridized carbons (Fsp3) is 0.457. The van der Waals surface area contributed by atoms with Crippen LogP contribution in [0.25, 0.3) is 0 Å². The van der Waals surface area contributed by atoms with E-state index in [1.165, 1.54) is 11.0 Å².